The zero-order chi connectivity index (χ0) is 16.8. The van der Waals surface area contributed by atoms with E-state index in [1.807, 2.05) is 13.8 Å². The Morgan fingerprint density at radius 2 is 1.50 bits per heavy atom. The number of allylic oxidation sites excluding steroid dienone is 1. The molecule has 6 nitrogen and oxygen atoms in total. The lowest BCUT2D eigenvalue weighted by molar-refractivity contribution is -0.119. The number of carbonyl (C=O) groups is 2. The summed E-state index contributed by atoms with van der Waals surface area (Å²) in [6.45, 7) is 10.4. The van der Waals surface area contributed by atoms with Crippen molar-refractivity contribution < 1.29 is 23.8 Å². The summed E-state index contributed by atoms with van der Waals surface area (Å²) < 4.78 is 15.9. The van der Waals surface area contributed by atoms with Gasteiger partial charge in [0.1, 0.15) is 0 Å². The fourth-order valence-electron chi connectivity index (χ4n) is 1.32. The minimum Gasteiger partial charge on any atom is -0.377 e. The number of nitrogens with one attached hydrogen (secondary N) is 1. The lowest BCUT2D eigenvalue weighted by Gasteiger charge is -2.08. The van der Waals surface area contributed by atoms with Gasteiger partial charge in [-0.05, 0) is 19.9 Å². The molecule has 0 fully saturated rings. The summed E-state index contributed by atoms with van der Waals surface area (Å²) in [6, 6.07) is 0. The largest absolute Gasteiger partial charge is 0.377 e. The minimum absolute atomic E-state index is 0.0648. The molecule has 0 unspecified atom stereocenters. The van der Waals surface area contributed by atoms with Crippen molar-refractivity contribution in [2.45, 2.75) is 33.8 Å². The van der Waals surface area contributed by atoms with E-state index in [4.69, 9.17) is 14.2 Å². The molecule has 0 spiro atoms. The summed E-state index contributed by atoms with van der Waals surface area (Å²) in [5.74, 6) is -0.456. The first-order valence-electron chi connectivity index (χ1n) is 7.70. The van der Waals surface area contributed by atoms with Gasteiger partial charge in [-0.15, -0.1) is 0 Å². The molecule has 128 valence electrons. The second kappa shape index (κ2) is 13.4. The van der Waals surface area contributed by atoms with Gasteiger partial charge in [-0.2, -0.15) is 0 Å². The summed E-state index contributed by atoms with van der Waals surface area (Å²) in [5.41, 5.74) is 0. The van der Waals surface area contributed by atoms with Crippen molar-refractivity contribution >= 4 is 11.7 Å². The second-order valence-electron chi connectivity index (χ2n) is 5.33. The number of amides is 1. The van der Waals surface area contributed by atoms with Crippen LogP contribution in [0.5, 0.6) is 0 Å². The van der Waals surface area contributed by atoms with Gasteiger partial charge in [-0.3, -0.25) is 9.59 Å². The third-order valence-corrected chi connectivity index (χ3v) is 2.56. The average molecular weight is 315 g/mol. The maximum absolute atomic E-state index is 11.4. The Morgan fingerprint density at radius 3 is 2.09 bits per heavy atom. The van der Waals surface area contributed by atoms with Gasteiger partial charge in [0.05, 0.1) is 39.1 Å². The van der Waals surface area contributed by atoms with Crippen molar-refractivity contribution in [1.29, 1.82) is 0 Å². The van der Waals surface area contributed by atoms with Crippen molar-refractivity contribution in [3.8, 4) is 0 Å². The van der Waals surface area contributed by atoms with Crippen LogP contribution in [0.2, 0.25) is 0 Å². The van der Waals surface area contributed by atoms with Crippen molar-refractivity contribution in [3.05, 3.63) is 12.2 Å². The molecule has 1 N–H and O–H groups in total. The molecule has 0 aliphatic rings. The number of hydrogen-bond acceptors (Lipinski definition) is 5. The topological polar surface area (TPSA) is 73.9 Å². The number of carbonyl (C=O) groups excluding carboxylic acids is 2. The zero-order valence-electron chi connectivity index (χ0n) is 14.1. The summed E-state index contributed by atoms with van der Waals surface area (Å²) in [6.07, 6.45) is 2.77. The Balaban J connectivity index is 3.39. The highest BCUT2D eigenvalue weighted by molar-refractivity contribution is 5.98. The lowest BCUT2D eigenvalue weighted by Crippen LogP contribution is -2.26. The predicted molar refractivity (Wildman–Crippen MR) is 84.7 cm³/mol. The quantitative estimate of drug-likeness (QED) is 0.410. The van der Waals surface area contributed by atoms with Gasteiger partial charge in [0.25, 0.3) is 0 Å². The van der Waals surface area contributed by atoms with Gasteiger partial charge in [-0.25, -0.2) is 0 Å². The molecule has 0 aliphatic carbocycles. The molecule has 6 heteroatoms. The monoisotopic (exact) mass is 315 g/mol. The minimum atomic E-state index is -0.292. The van der Waals surface area contributed by atoms with E-state index in [0.717, 1.165) is 0 Å². The molecular formula is C16H29NO5. The van der Waals surface area contributed by atoms with E-state index in [1.54, 1.807) is 13.8 Å². The van der Waals surface area contributed by atoms with Crippen molar-refractivity contribution in [1.82, 2.24) is 5.32 Å². The summed E-state index contributed by atoms with van der Waals surface area (Å²) >= 11 is 0. The van der Waals surface area contributed by atoms with E-state index in [0.29, 0.717) is 39.6 Å². The van der Waals surface area contributed by atoms with Gasteiger partial charge in [0, 0.05) is 18.5 Å². The van der Waals surface area contributed by atoms with Crippen LogP contribution in [-0.2, 0) is 23.8 Å². The van der Waals surface area contributed by atoms with Gasteiger partial charge in [0.15, 0.2) is 5.78 Å². The van der Waals surface area contributed by atoms with Gasteiger partial charge in [-0.1, -0.05) is 13.8 Å². The summed E-state index contributed by atoms with van der Waals surface area (Å²) in [4.78, 5) is 22.7. The normalized spacial score (nSPS) is 11.5. The number of rotatable bonds is 13. The summed E-state index contributed by atoms with van der Waals surface area (Å²) in [7, 11) is 0. The molecule has 0 aromatic carbocycles. The van der Waals surface area contributed by atoms with E-state index in [9.17, 15) is 9.59 Å². The van der Waals surface area contributed by atoms with Crippen LogP contribution in [0.25, 0.3) is 0 Å². The maximum atomic E-state index is 11.4. The van der Waals surface area contributed by atoms with Gasteiger partial charge in [0.2, 0.25) is 5.91 Å². The van der Waals surface area contributed by atoms with Crippen LogP contribution in [0.4, 0.5) is 0 Å². The first kappa shape index (κ1) is 20.8. The molecule has 0 rings (SSSR count). The molecule has 0 radical (unpaired) electrons. The molecule has 22 heavy (non-hydrogen) atoms. The number of ether oxygens (including phenoxy) is 3. The molecule has 0 aliphatic heterocycles. The molecule has 0 atom stereocenters. The van der Waals surface area contributed by atoms with Crippen molar-refractivity contribution in [3.63, 3.8) is 0 Å². The highest BCUT2D eigenvalue weighted by Crippen LogP contribution is 1.94. The molecule has 0 aromatic heterocycles. The first-order chi connectivity index (χ1) is 10.4. The fourth-order valence-corrected chi connectivity index (χ4v) is 1.32. The fraction of sp³-hybridized carbons (Fsp3) is 0.750. The predicted octanol–water partition coefficient (Wildman–Crippen LogP) is 1.34. The first-order valence-corrected chi connectivity index (χ1v) is 7.70. The highest BCUT2D eigenvalue weighted by atomic mass is 16.5. The molecular weight excluding hydrogens is 286 g/mol. The van der Waals surface area contributed by atoms with Gasteiger partial charge >= 0.3 is 0 Å². The number of ketones is 1. The van der Waals surface area contributed by atoms with Crippen LogP contribution in [0.3, 0.4) is 0 Å². The Hall–Kier alpha value is -1.24. The van der Waals surface area contributed by atoms with Crippen LogP contribution in [0.15, 0.2) is 12.2 Å². The Kier molecular flexibility index (Phi) is 12.7. The van der Waals surface area contributed by atoms with E-state index in [2.05, 4.69) is 5.32 Å². The standard InChI is InChI=1S/C16H29NO5/c1-13(2)15(18)5-6-16(19)17-7-8-20-9-10-21-11-12-22-14(3)4/h5-6,13-14H,7-12H2,1-4H3,(H,17,19)/b6-5-. The SMILES string of the molecule is CC(C)OCCOCCOCCNC(=O)/C=C\C(=O)C(C)C. The second-order valence-corrected chi connectivity index (χ2v) is 5.33. The van der Waals surface area contributed by atoms with Crippen molar-refractivity contribution in [2.75, 3.05) is 39.6 Å². The zero-order valence-corrected chi connectivity index (χ0v) is 14.1. The van der Waals surface area contributed by atoms with Crippen LogP contribution in [0, 0.1) is 5.92 Å². The maximum Gasteiger partial charge on any atom is 0.244 e. The Labute approximate surface area is 133 Å². The highest BCUT2D eigenvalue weighted by Gasteiger charge is 2.03. The Morgan fingerprint density at radius 1 is 0.909 bits per heavy atom. The third kappa shape index (κ3) is 13.7. The molecule has 0 saturated carbocycles. The lowest BCUT2D eigenvalue weighted by atomic mass is 10.1. The van der Waals surface area contributed by atoms with Crippen LogP contribution in [0.1, 0.15) is 27.7 Å². The molecule has 0 saturated heterocycles. The molecule has 0 bridgehead atoms. The van der Waals surface area contributed by atoms with Crippen LogP contribution in [-0.4, -0.2) is 57.4 Å². The van der Waals surface area contributed by atoms with Crippen molar-refractivity contribution in [2.24, 2.45) is 5.92 Å². The van der Waals surface area contributed by atoms with Crippen LogP contribution >= 0.6 is 0 Å². The summed E-state index contributed by atoms with van der Waals surface area (Å²) in [5, 5.41) is 2.64. The van der Waals surface area contributed by atoms with E-state index < -0.39 is 0 Å². The average Bonchev–Trinajstić information content (AvgIpc) is 2.46. The van der Waals surface area contributed by atoms with Crippen LogP contribution < -0.4 is 5.32 Å². The molecule has 0 heterocycles. The molecule has 1 amide bonds. The smallest absolute Gasteiger partial charge is 0.244 e. The number of hydrogen-bond donors (Lipinski definition) is 1. The van der Waals surface area contributed by atoms with E-state index >= 15 is 0 Å². The van der Waals surface area contributed by atoms with E-state index in [1.165, 1.54) is 12.2 Å². The van der Waals surface area contributed by atoms with Gasteiger partial charge < -0.3 is 19.5 Å². The molecule has 0 aromatic rings. The van der Waals surface area contributed by atoms with E-state index in [-0.39, 0.29) is 23.7 Å². The Bertz CT molecular complexity index is 339. The third-order valence-electron chi connectivity index (χ3n) is 2.56.